The summed E-state index contributed by atoms with van der Waals surface area (Å²) in [6.45, 7) is 6.13. The van der Waals surface area contributed by atoms with E-state index in [0.717, 1.165) is 57.7 Å². The molecule has 3 heterocycles. The molecular weight excluding hydrogens is 449 g/mol. The third-order valence-corrected chi connectivity index (χ3v) is 8.16. The zero-order valence-electron chi connectivity index (χ0n) is 19.2. The van der Waals surface area contributed by atoms with Gasteiger partial charge in [0.15, 0.2) is 0 Å². The van der Waals surface area contributed by atoms with Crippen molar-refractivity contribution in [1.29, 1.82) is 0 Å². The van der Waals surface area contributed by atoms with Gasteiger partial charge < -0.3 is 4.90 Å². The molecule has 0 spiro atoms. The molecule has 3 aromatic rings. The number of thiophene rings is 1. The van der Waals surface area contributed by atoms with E-state index < -0.39 is 0 Å². The lowest BCUT2D eigenvalue weighted by molar-refractivity contribution is -0.384. The summed E-state index contributed by atoms with van der Waals surface area (Å²) in [6, 6.07) is 16.3. The Labute approximate surface area is 204 Å². The van der Waals surface area contributed by atoms with Gasteiger partial charge in [-0.05, 0) is 83.4 Å². The highest BCUT2D eigenvalue weighted by Crippen LogP contribution is 2.36. The molecule has 178 valence electrons. The van der Waals surface area contributed by atoms with Gasteiger partial charge in [-0.1, -0.05) is 24.3 Å². The number of nitro groups is 1. The van der Waals surface area contributed by atoms with Crippen LogP contribution in [-0.4, -0.2) is 47.4 Å². The van der Waals surface area contributed by atoms with Gasteiger partial charge in [0.05, 0.1) is 4.92 Å². The lowest BCUT2D eigenvalue weighted by atomic mass is 9.87. The lowest BCUT2D eigenvalue weighted by Crippen LogP contribution is -2.38. The molecule has 0 radical (unpaired) electrons. The Bertz CT molecular complexity index is 1080. The maximum absolute atomic E-state index is 13.3. The SMILES string of the molecule is O=[N+]([O-])c1ccc(CN2C[C@H](CN3CCC(c4ccc(F)cc4)CC3)[C@@H](c3ccsc3)C2)cc1. The van der Waals surface area contributed by atoms with E-state index in [2.05, 4.69) is 26.6 Å². The summed E-state index contributed by atoms with van der Waals surface area (Å²) in [4.78, 5) is 15.7. The smallest absolute Gasteiger partial charge is 0.269 e. The first kappa shape index (κ1) is 23.1. The third kappa shape index (κ3) is 5.37. The zero-order valence-corrected chi connectivity index (χ0v) is 20.0. The Kier molecular flexibility index (Phi) is 7.04. The topological polar surface area (TPSA) is 49.6 Å². The predicted octanol–water partition coefficient (Wildman–Crippen LogP) is 5.89. The first-order chi connectivity index (χ1) is 16.5. The van der Waals surface area contributed by atoms with Gasteiger partial charge in [0.1, 0.15) is 5.82 Å². The second-order valence-corrected chi connectivity index (χ2v) is 10.4. The highest BCUT2D eigenvalue weighted by molar-refractivity contribution is 7.08. The molecule has 0 saturated carbocycles. The fourth-order valence-electron chi connectivity index (χ4n) is 5.64. The van der Waals surface area contributed by atoms with Crippen molar-refractivity contribution in [2.75, 3.05) is 32.7 Å². The average Bonchev–Trinajstić information content (AvgIpc) is 3.51. The van der Waals surface area contributed by atoms with E-state index in [1.807, 2.05) is 24.3 Å². The summed E-state index contributed by atoms with van der Waals surface area (Å²) in [6.07, 6.45) is 2.24. The maximum Gasteiger partial charge on any atom is 0.269 e. The van der Waals surface area contributed by atoms with Crippen LogP contribution in [-0.2, 0) is 6.54 Å². The Morgan fingerprint density at radius 3 is 2.32 bits per heavy atom. The molecule has 2 aliphatic heterocycles. The number of non-ortho nitro benzene ring substituents is 1. The number of nitro benzene ring substituents is 1. The molecule has 0 amide bonds. The van der Waals surface area contributed by atoms with E-state index in [9.17, 15) is 14.5 Å². The van der Waals surface area contributed by atoms with E-state index in [0.29, 0.717) is 17.8 Å². The summed E-state index contributed by atoms with van der Waals surface area (Å²) in [5, 5.41) is 15.4. The Morgan fingerprint density at radius 1 is 0.941 bits per heavy atom. The lowest BCUT2D eigenvalue weighted by Gasteiger charge is -2.34. The molecule has 5 rings (SSSR count). The molecule has 0 N–H and O–H groups in total. The molecule has 34 heavy (non-hydrogen) atoms. The van der Waals surface area contributed by atoms with Crippen molar-refractivity contribution in [3.63, 3.8) is 0 Å². The largest absolute Gasteiger partial charge is 0.303 e. The molecule has 1 aromatic heterocycles. The van der Waals surface area contributed by atoms with Crippen LogP contribution in [0.1, 0.15) is 41.4 Å². The summed E-state index contributed by atoms with van der Waals surface area (Å²) in [5.74, 6) is 1.43. The van der Waals surface area contributed by atoms with Gasteiger partial charge in [-0.2, -0.15) is 11.3 Å². The minimum Gasteiger partial charge on any atom is -0.303 e. The summed E-state index contributed by atoms with van der Waals surface area (Å²) >= 11 is 1.76. The number of hydrogen-bond donors (Lipinski definition) is 0. The van der Waals surface area contributed by atoms with Gasteiger partial charge in [-0.15, -0.1) is 0 Å². The molecule has 2 atom stereocenters. The van der Waals surface area contributed by atoms with Crippen LogP contribution in [0.4, 0.5) is 10.1 Å². The molecule has 0 unspecified atom stereocenters. The van der Waals surface area contributed by atoms with Gasteiger partial charge in [0.2, 0.25) is 0 Å². The second-order valence-electron chi connectivity index (χ2n) is 9.67. The minimum absolute atomic E-state index is 0.142. The molecule has 7 heteroatoms. The molecule has 2 saturated heterocycles. The van der Waals surface area contributed by atoms with E-state index in [4.69, 9.17) is 0 Å². The van der Waals surface area contributed by atoms with Crippen LogP contribution in [0, 0.1) is 21.8 Å². The number of hydrogen-bond acceptors (Lipinski definition) is 5. The van der Waals surface area contributed by atoms with Crippen LogP contribution < -0.4 is 0 Å². The molecule has 0 aliphatic carbocycles. The van der Waals surface area contributed by atoms with Crippen LogP contribution in [0.15, 0.2) is 65.4 Å². The van der Waals surface area contributed by atoms with Crippen molar-refractivity contribution in [1.82, 2.24) is 9.80 Å². The Balaban J connectivity index is 1.21. The first-order valence-corrected chi connectivity index (χ1v) is 12.9. The quantitative estimate of drug-likeness (QED) is 0.313. The van der Waals surface area contributed by atoms with E-state index in [1.54, 1.807) is 35.6 Å². The molecule has 5 nitrogen and oxygen atoms in total. The first-order valence-electron chi connectivity index (χ1n) is 12.0. The van der Waals surface area contributed by atoms with Crippen molar-refractivity contribution in [3.05, 3.63) is 98.0 Å². The fourth-order valence-corrected chi connectivity index (χ4v) is 6.36. The zero-order chi connectivity index (χ0) is 23.5. The average molecular weight is 480 g/mol. The van der Waals surface area contributed by atoms with Crippen molar-refractivity contribution in [2.45, 2.75) is 31.2 Å². The Hall–Kier alpha value is -2.61. The Morgan fingerprint density at radius 2 is 1.68 bits per heavy atom. The predicted molar refractivity (Wildman–Crippen MR) is 134 cm³/mol. The number of rotatable bonds is 7. The summed E-state index contributed by atoms with van der Waals surface area (Å²) < 4.78 is 13.3. The van der Waals surface area contributed by atoms with Gasteiger partial charge in [-0.3, -0.25) is 15.0 Å². The highest BCUT2D eigenvalue weighted by Gasteiger charge is 2.35. The molecule has 2 aromatic carbocycles. The maximum atomic E-state index is 13.3. The van der Waals surface area contributed by atoms with Crippen LogP contribution in [0.5, 0.6) is 0 Å². The standard InChI is InChI=1S/C27H30FN3O2S/c28-25-5-3-21(4-6-25)22-9-12-29(13-10-22)16-24-17-30(18-27(24)23-11-14-34-19-23)15-20-1-7-26(8-2-20)31(32)33/h1-8,11,14,19,22,24,27H,9-10,12-13,15-18H2/t24-,27+/m0/s1. The van der Waals surface area contributed by atoms with Crippen molar-refractivity contribution in [2.24, 2.45) is 5.92 Å². The van der Waals surface area contributed by atoms with Gasteiger partial charge in [-0.25, -0.2) is 4.39 Å². The number of benzene rings is 2. The number of likely N-dealkylation sites (tertiary alicyclic amines) is 2. The van der Waals surface area contributed by atoms with Crippen molar-refractivity contribution < 1.29 is 9.31 Å². The fraction of sp³-hybridized carbons (Fsp3) is 0.407. The van der Waals surface area contributed by atoms with Crippen molar-refractivity contribution in [3.8, 4) is 0 Å². The van der Waals surface area contributed by atoms with Crippen LogP contribution in [0.2, 0.25) is 0 Å². The van der Waals surface area contributed by atoms with Crippen LogP contribution in [0.25, 0.3) is 0 Å². The molecule has 2 fully saturated rings. The van der Waals surface area contributed by atoms with Crippen LogP contribution >= 0.6 is 11.3 Å². The van der Waals surface area contributed by atoms with E-state index in [1.165, 1.54) is 11.1 Å². The minimum atomic E-state index is -0.346. The summed E-state index contributed by atoms with van der Waals surface area (Å²) in [7, 11) is 0. The summed E-state index contributed by atoms with van der Waals surface area (Å²) in [5.41, 5.74) is 3.95. The number of halogens is 1. The normalized spacial score (nSPS) is 22.3. The third-order valence-electron chi connectivity index (χ3n) is 7.46. The molecular formula is C27H30FN3O2S. The van der Waals surface area contributed by atoms with Gasteiger partial charge >= 0.3 is 0 Å². The van der Waals surface area contributed by atoms with Crippen molar-refractivity contribution >= 4 is 17.0 Å². The van der Waals surface area contributed by atoms with E-state index >= 15 is 0 Å². The second kappa shape index (κ2) is 10.3. The monoisotopic (exact) mass is 479 g/mol. The van der Waals surface area contributed by atoms with Gasteiger partial charge in [0, 0.05) is 44.2 Å². The van der Waals surface area contributed by atoms with Gasteiger partial charge in [0.25, 0.3) is 5.69 Å². The molecule has 2 aliphatic rings. The number of piperidine rings is 1. The highest BCUT2D eigenvalue weighted by atomic mass is 32.1. The number of nitrogens with zero attached hydrogens (tertiary/aromatic N) is 3. The van der Waals surface area contributed by atoms with Crippen LogP contribution in [0.3, 0.4) is 0 Å². The van der Waals surface area contributed by atoms with E-state index in [-0.39, 0.29) is 16.4 Å². The molecule has 0 bridgehead atoms.